The van der Waals surface area contributed by atoms with Crippen molar-refractivity contribution in [2.24, 2.45) is 0 Å². The van der Waals surface area contributed by atoms with E-state index in [4.69, 9.17) is 4.74 Å². The molecular weight excluding hydrogens is 425 g/mol. The van der Waals surface area contributed by atoms with Crippen molar-refractivity contribution in [3.63, 3.8) is 0 Å². The normalized spacial score (nSPS) is 15.4. The van der Waals surface area contributed by atoms with Crippen molar-refractivity contribution in [3.8, 4) is 11.5 Å². The van der Waals surface area contributed by atoms with E-state index in [0.717, 1.165) is 43.6 Å². The van der Waals surface area contributed by atoms with Gasteiger partial charge < -0.3 is 19.9 Å². The fourth-order valence-corrected chi connectivity index (χ4v) is 3.30. The van der Waals surface area contributed by atoms with E-state index in [1.54, 1.807) is 18.2 Å². The second-order valence-electron chi connectivity index (χ2n) is 6.96. The van der Waals surface area contributed by atoms with Gasteiger partial charge in [-0.1, -0.05) is 15.9 Å². The molecule has 1 heterocycles. The smallest absolute Gasteiger partial charge is 0.251 e. The van der Waals surface area contributed by atoms with Crippen molar-refractivity contribution in [2.45, 2.75) is 6.42 Å². The Bertz CT molecular complexity index is 793. The van der Waals surface area contributed by atoms with Gasteiger partial charge in [-0.3, -0.25) is 4.79 Å². The number of likely N-dealkylation sites (N-methyl/N-ethyl adjacent to an activating group) is 1. The van der Waals surface area contributed by atoms with E-state index in [0.29, 0.717) is 17.9 Å². The molecule has 0 saturated carbocycles. The van der Waals surface area contributed by atoms with Crippen molar-refractivity contribution in [1.82, 2.24) is 15.1 Å². The largest absolute Gasteiger partial charge is 0.454 e. The molecule has 1 saturated heterocycles. The Morgan fingerprint density at radius 2 is 1.86 bits per heavy atom. The number of nitrogens with one attached hydrogen (secondary N) is 1. The lowest BCUT2D eigenvalue weighted by Gasteiger charge is -2.32. The van der Waals surface area contributed by atoms with E-state index in [-0.39, 0.29) is 11.7 Å². The second kappa shape index (κ2) is 10.0. The Kier molecular flexibility index (Phi) is 7.42. The van der Waals surface area contributed by atoms with Gasteiger partial charge in [0.2, 0.25) is 0 Å². The van der Waals surface area contributed by atoms with E-state index in [1.807, 2.05) is 12.1 Å². The molecule has 7 heteroatoms. The molecule has 1 aliphatic rings. The molecule has 3 rings (SSSR count). The topological polar surface area (TPSA) is 44.8 Å². The quantitative estimate of drug-likeness (QED) is 0.653. The van der Waals surface area contributed by atoms with Gasteiger partial charge in [0, 0.05) is 42.8 Å². The number of halogens is 2. The van der Waals surface area contributed by atoms with Gasteiger partial charge in [0.15, 0.2) is 11.6 Å². The summed E-state index contributed by atoms with van der Waals surface area (Å²) in [5.74, 6) is -0.211. The number of ether oxygens (including phenoxy) is 1. The summed E-state index contributed by atoms with van der Waals surface area (Å²) in [5, 5.41) is 2.86. The van der Waals surface area contributed by atoms with Gasteiger partial charge in [-0.05, 0) is 62.5 Å². The minimum Gasteiger partial charge on any atom is -0.454 e. The fourth-order valence-electron chi connectivity index (χ4n) is 3.03. The molecule has 2 aromatic rings. The number of hydrogen-bond donors (Lipinski definition) is 1. The van der Waals surface area contributed by atoms with Gasteiger partial charge in [0.25, 0.3) is 5.91 Å². The summed E-state index contributed by atoms with van der Waals surface area (Å²) < 4.78 is 20.8. The lowest BCUT2D eigenvalue weighted by molar-refractivity contribution is 0.0949. The molecule has 0 aromatic heterocycles. The lowest BCUT2D eigenvalue weighted by atomic mass is 10.2. The van der Waals surface area contributed by atoms with Crippen LogP contribution in [-0.2, 0) is 0 Å². The first-order valence-electron chi connectivity index (χ1n) is 9.43. The predicted molar refractivity (Wildman–Crippen MR) is 112 cm³/mol. The van der Waals surface area contributed by atoms with Crippen LogP contribution in [0, 0.1) is 5.82 Å². The highest BCUT2D eigenvalue weighted by Crippen LogP contribution is 2.26. The average molecular weight is 450 g/mol. The Morgan fingerprint density at radius 3 is 2.54 bits per heavy atom. The maximum Gasteiger partial charge on any atom is 0.251 e. The molecule has 1 N–H and O–H groups in total. The van der Waals surface area contributed by atoms with Crippen LogP contribution in [0.4, 0.5) is 4.39 Å². The Balaban J connectivity index is 1.46. The van der Waals surface area contributed by atoms with Crippen molar-refractivity contribution < 1.29 is 13.9 Å². The van der Waals surface area contributed by atoms with E-state index in [2.05, 4.69) is 38.1 Å². The van der Waals surface area contributed by atoms with Crippen molar-refractivity contribution >= 4 is 21.8 Å². The first-order valence-corrected chi connectivity index (χ1v) is 10.2. The number of benzene rings is 2. The number of nitrogens with zero attached hydrogens (tertiary/aromatic N) is 2. The molecule has 28 heavy (non-hydrogen) atoms. The van der Waals surface area contributed by atoms with Crippen LogP contribution in [0.15, 0.2) is 46.9 Å². The van der Waals surface area contributed by atoms with Crippen LogP contribution < -0.4 is 10.1 Å². The molecular formula is C21H25BrFN3O2. The van der Waals surface area contributed by atoms with Crippen molar-refractivity contribution in [2.75, 3.05) is 46.3 Å². The van der Waals surface area contributed by atoms with Crippen molar-refractivity contribution in [3.05, 3.63) is 58.3 Å². The Labute approximate surface area is 173 Å². The van der Waals surface area contributed by atoms with Crippen LogP contribution >= 0.6 is 15.9 Å². The third-order valence-corrected chi connectivity index (χ3v) is 5.30. The summed E-state index contributed by atoms with van der Waals surface area (Å²) in [6.45, 7) is 5.83. The minimum atomic E-state index is -0.562. The fraction of sp³-hybridized carbons (Fsp3) is 0.381. The third-order valence-electron chi connectivity index (χ3n) is 4.77. The molecule has 0 spiro atoms. The van der Waals surface area contributed by atoms with Crippen LogP contribution in [0.3, 0.4) is 0 Å². The molecule has 0 unspecified atom stereocenters. The molecule has 0 aliphatic carbocycles. The van der Waals surface area contributed by atoms with Gasteiger partial charge in [-0.2, -0.15) is 0 Å². The van der Waals surface area contributed by atoms with Crippen LogP contribution in [0.25, 0.3) is 0 Å². The highest BCUT2D eigenvalue weighted by atomic mass is 79.9. The maximum absolute atomic E-state index is 14.3. The summed E-state index contributed by atoms with van der Waals surface area (Å²) in [5.41, 5.74) is 0.292. The van der Waals surface area contributed by atoms with Gasteiger partial charge in [-0.15, -0.1) is 0 Å². The highest BCUT2D eigenvalue weighted by molar-refractivity contribution is 9.10. The standard InChI is InChI=1S/C21H25BrFN3O2/c1-25-11-13-26(14-12-25)10-2-9-24-21(27)16-3-8-20(19(23)15-16)28-18-6-4-17(22)5-7-18/h3-8,15H,2,9-14H2,1H3,(H,24,27). The van der Waals surface area contributed by atoms with Gasteiger partial charge in [0.1, 0.15) is 5.75 Å². The molecule has 1 amide bonds. The number of rotatable bonds is 7. The number of piperazine rings is 1. The second-order valence-corrected chi connectivity index (χ2v) is 7.87. The van der Waals surface area contributed by atoms with E-state index in [1.165, 1.54) is 12.1 Å². The maximum atomic E-state index is 14.3. The SMILES string of the molecule is CN1CCN(CCCNC(=O)c2ccc(Oc3ccc(Br)cc3)c(F)c2)CC1. The number of amides is 1. The van der Waals surface area contributed by atoms with Gasteiger partial charge in [0.05, 0.1) is 0 Å². The van der Waals surface area contributed by atoms with Gasteiger partial charge >= 0.3 is 0 Å². The Morgan fingerprint density at radius 1 is 1.14 bits per heavy atom. The van der Waals surface area contributed by atoms with E-state index in [9.17, 15) is 9.18 Å². The van der Waals surface area contributed by atoms with E-state index >= 15 is 0 Å². The average Bonchev–Trinajstić information content (AvgIpc) is 2.69. The van der Waals surface area contributed by atoms with Crippen LogP contribution in [0.5, 0.6) is 11.5 Å². The predicted octanol–water partition coefficient (Wildman–Crippen LogP) is 3.75. The summed E-state index contributed by atoms with van der Waals surface area (Å²) in [6, 6.07) is 11.4. The van der Waals surface area contributed by atoms with Crippen molar-refractivity contribution in [1.29, 1.82) is 0 Å². The van der Waals surface area contributed by atoms with Crippen LogP contribution in [0.2, 0.25) is 0 Å². The highest BCUT2D eigenvalue weighted by Gasteiger charge is 2.14. The molecule has 150 valence electrons. The molecule has 0 atom stereocenters. The third kappa shape index (κ3) is 6.02. The molecule has 0 bridgehead atoms. The summed E-state index contributed by atoms with van der Waals surface area (Å²) in [6.07, 6.45) is 0.878. The summed E-state index contributed by atoms with van der Waals surface area (Å²) in [4.78, 5) is 17.0. The minimum absolute atomic E-state index is 0.0916. The molecule has 0 radical (unpaired) electrons. The van der Waals surface area contributed by atoms with Crippen LogP contribution in [-0.4, -0.2) is 62.0 Å². The van der Waals surface area contributed by atoms with E-state index < -0.39 is 5.82 Å². The number of hydrogen-bond acceptors (Lipinski definition) is 4. The molecule has 1 aliphatic heterocycles. The molecule has 1 fully saturated rings. The molecule has 5 nitrogen and oxygen atoms in total. The zero-order valence-corrected chi connectivity index (χ0v) is 17.5. The zero-order chi connectivity index (χ0) is 19.9. The molecule has 2 aromatic carbocycles. The summed E-state index contributed by atoms with van der Waals surface area (Å²) >= 11 is 3.34. The number of carbonyl (C=O) groups excluding carboxylic acids is 1. The first-order chi connectivity index (χ1) is 13.5. The summed E-state index contributed by atoms with van der Waals surface area (Å²) in [7, 11) is 2.13. The monoisotopic (exact) mass is 449 g/mol. The Hall–Kier alpha value is -1.96. The first kappa shape index (κ1) is 20.8. The zero-order valence-electron chi connectivity index (χ0n) is 16.0. The lowest BCUT2D eigenvalue weighted by Crippen LogP contribution is -2.45. The number of carbonyl (C=O) groups is 1. The van der Waals surface area contributed by atoms with Crippen LogP contribution in [0.1, 0.15) is 16.8 Å². The van der Waals surface area contributed by atoms with Gasteiger partial charge in [-0.25, -0.2) is 4.39 Å².